The van der Waals surface area contributed by atoms with Crippen molar-refractivity contribution in [1.29, 1.82) is 0 Å². The molecule has 0 saturated heterocycles. The second-order valence-electron chi connectivity index (χ2n) is 4.24. The summed E-state index contributed by atoms with van der Waals surface area (Å²) in [6.07, 6.45) is 0.962. The van der Waals surface area contributed by atoms with E-state index in [0.717, 1.165) is 43.5 Å². The maximum Gasteiger partial charge on any atom is 0.191 e. The number of nitrogens with one attached hydrogen (secondary N) is 2. The van der Waals surface area contributed by atoms with Gasteiger partial charge in [0.15, 0.2) is 5.96 Å². The maximum atomic E-state index is 5.02. The van der Waals surface area contributed by atoms with E-state index < -0.39 is 0 Å². The van der Waals surface area contributed by atoms with Crippen molar-refractivity contribution >= 4 is 5.96 Å². The molecule has 1 aromatic heterocycles. The predicted octanol–water partition coefficient (Wildman–Crippen LogP) is 1.48. The minimum atomic E-state index is 0.585. The molecule has 0 amide bonds. The summed E-state index contributed by atoms with van der Waals surface area (Å²) in [6, 6.07) is 5.98. The standard InChI is InChI=1S/C14H24N4O/c1-4-15-14(16-9-6-10-19-3)17-11-13-8-5-7-12(2)18-13/h5,7-8H,4,6,9-11H2,1-3H3,(H2,15,16,17). The van der Waals surface area contributed by atoms with Crippen molar-refractivity contribution in [2.45, 2.75) is 26.8 Å². The van der Waals surface area contributed by atoms with Crippen LogP contribution in [0.1, 0.15) is 24.7 Å². The van der Waals surface area contributed by atoms with Crippen LogP contribution in [0, 0.1) is 6.92 Å². The van der Waals surface area contributed by atoms with E-state index in [9.17, 15) is 0 Å². The van der Waals surface area contributed by atoms with Crippen molar-refractivity contribution in [1.82, 2.24) is 15.6 Å². The molecule has 0 aromatic carbocycles. The summed E-state index contributed by atoms with van der Waals surface area (Å²) in [6.45, 7) is 7.07. The topological polar surface area (TPSA) is 58.5 Å². The van der Waals surface area contributed by atoms with E-state index in [2.05, 4.69) is 27.5 Å². The zero-order valence-electron chi connectivity index (χ0n) is 12.1. The van der Waals surface area contributed by atoms with Crippen LogP contribution >= 0.6 is 0 Å². The first-order chi connectivity index (χ1) is 9.26. The molecule has 1 rings (SSSR count). The van der Waals surface area contributed by atoms with Gasteiger partial charge in [0.1, 0.15) is 0 Å². The Kier molecular flexibility index (Phi) is 7.58. The average molecular weight is 264 g/mol. The van der Waals surface area contributed by atoms with Crippen molar-refractivity contribution in [3.05, 3.63) is 29.6 Å². The van der Waals surface area contributed by atoms with Crippen molar-refractivity contribution < 1.29 is 4.74 Å². The van der Waals surface area contributed by atoms with Crippen LogP contribution in [0.25, 0.3) is 0 Å². The maximum absolute atomic E-state index is 5.02. The van der Waals surface area contributed by atoms with Gasteiger partial charge in [-0.3, -0.25) is 4.98 Å². The summed E-state index contributed by atoms with van der Waals surface area (Å²) in [5.41, 5.74) is 2.00. The van der Waals surface area contributed by atoms with Crippen molar-refractivity contribution in [3.8, 4) is 0 Å². The molecule has 106 valence electrons. The number of hydrogen-bond acceptors (Lipinski definition) is 3. The number of pyridine rings is 1. The van der Waals surface area contributed by atoms with Crippen LogP contribution in [0.2, 0.25) is 0 Å². The lowest BCUT2D eigenvalue weighted by atomic mass is 10.3. The normalized spacial score (nSPS) is 11.4. The molecule has 1 heterocycles. The number of aliphatic imine (C=N–C) groups is 1. The van der Waals surface area contributed by atoms with E-state index in [1.807, 2.05) is 25.1 Å². The Labute approximate surface area is 115 Å². The van der Waals surface area contributed by atoms with Gasteiger partial charge in [0.25, 0.3) is 0 Å². The summed E-state index contributed by atoms with van der Waals surface area (Å²) >= 11 is 0. The summed E-state index contributed by atoms with van der Waals surface area (Å²) < 4.78 is 5.02. The second-order valence-corrected chi connectivity index (χ2v) is 4.24. The van der Waals surface area contributed by atoms with Crippen molar-refractivity contribution in [2.24, 2.45) is 4.99 Å². The van der Waals surface area contributed by atoms with Crippen LogP contribution in [-0.4, -0.2) is 37.7 Å². The number of hydrogen-bond donors (Lipinski definition) is 2. The summed E-state index contributed by atoms with van der Waals surface area (Å²) in [5.74, 6) is 0.821. The van der Waals surface area contributed by atoms with E-state index in [1.54, 1.807) is 7.11 Å². The fourth-order valence-electron chi connectivity index (χ4n) is 1.61. The highest BCUT2D eigenvalue weighted by atomic mass is 16.5. The smallest absolute Gasteiger partial charge is 0.191 e. The molecular weight excluding hydrogens is 240 g/mol. The van der Waals surface area contributed by atoms with E-state index in [-0.39, 0.29) is 0 Å². The third-order valence-corrected chi connectivity index (χ3v) is 2.51. The summed E-state index contributed by atoms with van der Waals surface area (Å²) in [5, 5.41) is 6.49. The van der Waals surface area contributed by atoms with E-state index in [0.29, 0.717) is 6.54 Å². The fraction of sp³-hybridized carbons (Fsp3) is 0.571. The van der Waals surface area contributed by atoms with Gasteiger partial charge in [0.05, 0.1) is 12.2 Å². The molecule has 2 N–H and O–H groups in total. The van der Waals surface area contributed by atoms with E-state index >= 15 is 0 Å². The largest absolute Gasteiger partial charge is 0.385 e. The van der Waals surface area contributed by atoms with Crippen molar-refractivity contribution in [2.75, 3.05) is 26.8 Å². The third-order valence-electron chi connectivity index (χ3n) is 2.51. The Bertz CT molecular complexity index is 393. The molecule has 0 saturated carbocycles. The Morgan fingerprint density at radius 1 is 1.37 bits per heavy atom. The van der Waals surface area contributed by atoms with Crippen LogP contribution in [0.3, 0.4) is 0 Å². The Balaban J connectivity index is 2.47. The van der Waals surface area contributed by atoms with Gasteiger partial charge in [-0.2, -0.15) is 0 Å². The number of rotatable bonds is 7. The highest BCUT2D eigenvalue weighted by Crippen LogP contribution is 1.99. The number of methoxy groups -OCH3 is 1. The van der Waals surface area contributed by atoms with Crippen LogP contribution in [0.5, 0.6) is 0 Å². The lowest BCUT2D eigenvalue weighted by Crippen LogP contribution is -2.38. The minimum absolute atomic E-state index is 0.585. The Morgan fingerprint density at radius 2 is 2.21 bits per heavy atom. The number of aryl methyl sites for hydroxylation is 1. The zero-order valence-corrected chi connectivity index (χ0v) is 12.1. The number of ether oxygens (including phenoxy) is 1. The first-order valence-corrected chi connectivity index (χ1v) is 6.70. The van der Waals surface area contributed by atoms with E-state index in [4.69, 9.17) is 4.74 Å². The second kappa shape index (κ2) is 9.33. The van der Waals surface area contributed by atoms with Gasteiger partial charge < -0.3 is 15.4 Å². The molecule has 5 heteroatoms. The van der Waals surface area contributed by atoms with E-state index in [1.165, 1.54) is 0 Å². The number of aromatic nitrogens is 1. The van der Waals surface area contributed by atoms with Crippen LogP contribution in [-0.2, 0) is 11.3 Å². The van der Waals surface area contributed by atoms with Gasteiger partial charge in [0, 0.05) is 32.5 Å². The van der Waals surface area contributed by atoms with Gasteiger partial charge in [-0.1, -0.05) is 6.07 Å². The molecule has 0 fully saturated rings. The lowest BCUT2D eigenvalue weighted by Gasteiger charge is -2.10. The number of nitrogens with zero attached hydrogens (tertiary/aromatic N) is 2. The molecule has 5 nitrogen and oxygen atoms in total. The average Bonchev–Trinajstić information content (AvgIpc) is 2.41. The molecule has 0 atom stereocenters. The molecule has 0 aliphatic carbocycles. The molecule has 0 bridgehead atoms. The Hall–Kier alpha value is -1.62. The molecular formula is C14H24N4O. The monoisotopic (exact) mass is 264 g/mol. The molecule has 0 radical (unpaired) electrons. The van der Waals surface area contributed by atoms with Gasteiger partial charge in [-0.15, -0.1) is 0 Å². The van der Waals surface area contributed by atoms with Gasteiger partial charge in [-0.25, -0.2) is 4.99 Å². The SMILES string of the molecule is CCNC(=NCc1cccc(C)n1)NCCCOC. The molecule has 0 spiro atoms. The molecule has 0 unspecified atom stereocenters. The van der Waals surface area contributed by atoms with Gasteiger partial charge in [-0.05, 0) is 32.4 Å². The van der Waals surface area contributed by atoms with Gasteiger partial charge >= 0.3 is 0 Å². The molecule has 1 aromatic rings. The van der Waals surface area contributed by atoms with Gasteiger partial charge in [0.2, 0.25) is 0 Å². The minimum Gasteiger partial charge on any atom is -0.385 e. The van der Waals surface area contributed by atoms with Crippen LogP contribution in [0.15, 0.2) is 23.2 Å². The quantitative estimate of drug-likeness (QED) is 0.445. The van der Waals surface area contributed by atoms with Crippen molar-refractivity contribution in [3.63, 3.8) is 0 Å². The Morgan fingerprint density at radius 3 is 2.89 bits per heavy atom. The molecule has 19 heavy (non-hydrogen) atoms. The highest BCUT2D eigenvalue weighted by molar-refractivity contribution is 5.79. The molecule has 0 aliphatic heterocycles. The fourth-order valence-corrected chi connectivity index (χ4v) is 1.61. The number of guanidine groups is 1. The lowest BCUT2D eigenvalue weighted by molar-refractivity contribution is 0.195. The van der Waals surface area contributed by atoms with Crippen LogP contribution in [0.4, 0.5) is 0 Å². The first-order valence-electron chi connectivity index (χ1n) is 6.70. The predicted molar refractivity (Wildman–Crippen MR) is 78.3 cm³/mol. The van der Waals surface area contributed by atoms with Crippen LogP contribution < -0.4 is 10.6 Å². The third kappa shape index (κ3) is 6.76. The summed E-state index contributed by atoms with van der Waals surface area (Å²) in [7, 11) is 1.71. The molecule has 0 aliphatic rings. The highest BCUT2D eigenvalue weighted by Gasteiger charge is 1.98. The first kappa shape index (κ1) is 15.4. The zero-order chi connectivity index (χ0) is 13.9. The summed E-state index contributed by atoms with van der Waals surface area (Å²) in [4.78, 5) is 8.95.